The molecular formula is C11H13N5. The van der Waals surface area contributed by atoms with Gasteiger partial charge in [0, 0.05) is 19.3 Å². The van der Waals surface area contributed by atoms with Crippen LogP contribution in [0, 0.1) is 6.92 Å². The molecule has 0 saturated heterocycles. The van der Waals surface area contributed by atoms with E-state index in [0.717, 1.165) is 23.0 Å². The van der Waals surface area contributed by atoms with Crippen LogP contribution >= 0.6 is 0 Å². The van der Waals surface area contributed by atoms with Gasteiger partial charge >= 0.3 is 0 Å². The predicted molar refractivity (Wildman–Crippen MR) is 63.8 cm³/mol. The minimum absolute atomic E-state index is 0.723. The number of hydrogen-bond acceptors (Lipinski definition) is 5. The van der Waals surface area contributed by atoms with E-state index in [-0.39, 0.29) is 0 Å². The number of pyridine rings is 1. The van der Waals surface area contributed by atoms with Crippen LogP contribution in [0.3, 0.4) is 0 Å². The summed E-state index contributed by atoms with van der Waals surface area (Å²) in [6.45, 7) is 2.00. The zero-order valence-corrected chi connectivity index (χ0v) is 9.23. The van der Waals surface area contributed by atoms with Crippen molar-refractivity contribution in [1.29, 1.82) is 0 Å². The van der Waals surface area contributed by atoms with E-state index >= 15 is 0 Å². The highest BCUT2D eigenvalue weighted by Gasteiger charge is 2.01. The summed E-state index contributed by atoms with van der Waals surface area (Å²) in [5.41, 5.74) is 1.08. The van der Waals surface area contributed by atoms with E-state index in [9.17, 15) is 0 Å². The number of rotatable bonds is 3. The van der Waals surface area contributed by atoms with Gasteiger partial charge in [-0.05, 0) is 18.6 Å². The summed E-state index contributed by atoms with van der Waals surface area (Å²) < 4.78 is 0. The van der Waals surface area contributed by atoms with E-state index in [4.69, 9.17) is 0 Å². The average Bonchev–Trinajstić information content (AvgIpc) is 2.32. The summed E-state index contributed by atoms with van der Waals surface area (Å²) in [7, 11) is 1.82. The molecule has 0 fully saturated rings. The molecule has 0 aromatic carbocycles. The van der Waals surface area contributed by atoms with E-state index in [2.05, 4.69) is 25.6 Å². The number of anilines is 3. The monoisotopic (exact) mass is 215 g/mol. The second-order valence-corrected chi connectivity index (χ2v) is 3.33. The lowest BCUT2D eigenvalue weighted by atomic mass is 10.3. The van der Waals surface area contributed by atoms with E-state index < -0.39 is 0 Å². The van der Waals surface area contributed by atoms with Crippen LogP contribution in [0.5, 0.6) is 0 Å². The summed E-state index contributed by atoms with van der Waals surface area (Å²) in [6.07, 6.45) is 3.25. The van der Waals surface area contributed by atoms with Gasteiger partial charge in [-0.1, -0.05) is 6.07 Å². The fraction of sp³-hybridized carbons (Fsp3) is 0.182. The summed E-state index contributed by atoms with van der Waals surface area (Å²) in [6, 6.07) is 5.73. The molecule has 0 atom stereocenters. The third-order valence-electron chi connectivity index (χ3n) is 2.18. The van der Waals surface area contributed by atoms with Crippen LogP contribution in [0.2, 0.25) is 0 Å². The Kier molecular flexibility index (Phi) is 2.95. The van der Waals surface area contributed by atoms with Crippen LogP contribution in [0.1, 0.15) is 5.56 Å². The third kappa shape index (κ3) is 2.25. The molecular weight excluding hydrogens is 202 g/mol. The molecule has 0 saturated carbocycles. The average molecular weight is 215 g/mol. The van der Waals surface area contributed by atoms with Crippen LogP contribution in [0.25, 0.3) is 0 Å². The molecule has 2 rings (SSSR count). The molecule has 2 aromatic rings. The number of nitrogens with one attached hydrogen (secondary N) is 2. The molecule has 2 heterocycles. The van der Waals surface area contributed by atoms with Crippen molar-refractivity contribution in [2.75, 3.05) is 17.7 Å². The van der Waals surface area contributed by atoms with Crippen molar-refractivity contribution in [3.63, 3.8) is 0 Å². The molecule has 0 amide bonds. The molecule has 0 aliphatic rings. The first-order chi connectivity index (χ1) is 7.79. The molecule has 82 valence electrons. The Labute approximate surface area is 94.0 Å². The molecule has 0 unspecified atom stereocenters. The molecule has 16 heavy (non-hydrogen) atoms. The van der Waals surface area contributed by atoms with Crippen molar-refractivity contribution in [2.45, 2.75) is 6.92 Å². The van der Waals surface area contributed by atoms with Crippen LogP contribution < -0.4 is 10.6 Å². The Morgan fingerprint density at radius 3 is 2.69 bits per heavy atom. The van der Waals surface area contributed by atoms with Crippen molar-refractivity contribution in [2.24, 2.45) is 0 Å². The highest BCUT2D eigenvalue weighted by atomic mass is 15.1. The van der Waals surface area contributed by atoms with Crippen LogP contribution in [-0.2, 0) is 0 Å². The second kappa shape index (κ2) is 4.57. The molecule has 0 bridgehead atoms. The van der Waals surface area contributed by atoms with Crippen molar-refractivity contribution >= 4 is 17.5 Å². The number of hydrogen-bond donors (Lipinski definition) is 2. The maximum absolute atomic E-state index is 4.24. The Hall–Kier alpha value is -2.17. The van der Waals surface area contributed by atoms with Crippen LogP contribution in [-0.4, -0.2) is 22.0 Å². The second-order valence-electron chi connectivity index (χ2n) is 3.33. The molecule has 0 aliphatic heterocycles. The van der Waals surface area contributed by atoms with Gasteiger partial charge in [-0.3, -0.25) is 0 Å². The van der Waals surface area contributed by atoms with Gasteiger partial charge in [0.05, 0.1) is 0 Å². The summed E-state index contributed by atoms with van der Waals surface area (Å²) >= 11 is 0. The zero-order chi connectivity index (χ0) is 11.4. The first kappa shape index (κ1) is 10.4. The van der Waals surface area contributed by atoms with Crippen LogP contribution in [0.15, 0.2) is 30.7 Å². The topological polar surface area (TPSA) is 62.7 Å². The number of aromatic nitrogens is 3. The first-order valence-corrected chi connectivity index (χ1v) is 4.98. The Morgan fingerprint density at radius 2 is 1.94 bits per heavy atom. The van der Waals surface area contributed by atoms with E-state index in [0.29, 0.717) is 0 Å². The Bertz CT molecular complexity index is 483. The van der Waals surface area contributed by atoms with Gasteiger partial charge in [-0.25, -0.2) is 15.0 Å². The minimum atomic E-state index is 0.723. The Balaban J connectivity index is 2.24. The lowest BCUT2D eigenvalue weighted by Crippen LogP contribution is -2.00. The normalized spacial score (nSPS) is 9.88. The van der Waals surface area contributed by atoms with E-state index in [1.807, 2.05) is 32.2 Å². The summed E-state index contributed by atoms with van der Waals surface area (Å²) in [4.78, 5) is 12.4. The molecule has 5 heteroatoms. The van der Waals surface area contributed by atoms with E-state index in [1.165, 1.54) is 6.33 Å². The lowest BCUT2D eigenvalue weighted by molar-refractivity contribution is 1.14. The van der Waals surface area contributed by atoms with Gasteiger partial charge in [0.25, 0.3) is 0 Å². The van der Waals surface area contributed by atoms with Crippen molar-refractivity contribution in [3.05, 3.63) is 36.3 Å². The molecule has 0 spiro atoms. The smallest absolute Gasteiger partial charge is 0.137 e. The van der Waals surface area contributed by atoms with Crippen molar-refractivity contribution in [3.8, 4) is 0 Å². The SMILES string of the molecule is CNc1cc(Nc2ncccc2C)ncn1. The quantitative estimate of drug-likeness (QED) is 0.819. The lowest BCUT2D eigenvalue weighted by Gasteiger charge is -2.07. The maximum Gasteiger partial charge on any atom is 0.137 e. The van der Waals surface area contributed by atoms with Gasteiger partial charge in [0.15, 0.2) is 0 Å². The highest BCUT2D eigenvalue weighted by Crippen LogP contribution is 2.16. The number of aryl methyl sites for hydroxylation is 1. The Morgan fingerprint density at radius 1 is 1.12 bits per heavy atom. The molecule has 0 aliphatic carbocycles. The standard InChI is InChI=1S/C11H13N5/c1-8-4-3-5-13-11(8)16-10-6-9(12-2)14-7-15-10/h3-7H,1-2H3,(H2,12,13,14,15,16). The first-order valence-electron chi connectivity index (χ1n) is 4.98. The third-order valence-corrected chi connectivity index (χ3v) is 2.18. The summed E-state index contributed by atoms with van der Waals surface area (Å²) in [5.74, 6) is 2.30. The van der Waals surface area contributed by atoms with Crippen molar-refractivity contribution in [1.82, 2.24) is 15.0 Å². The zero-order valence-electron chi connectivity index (χ0n) is 9.23. The predicted octanol–water partition coefficient (Wildman–Crippen LogP) is 1.97. The van der Waals surface area contributed by atoms with E-state index in [1.54, 1.807) is 6.20 Å². The highest BCUT2D eigenvalue weighted by molar-refractivity contribution is 5.57. The fourth-order valence-electron chi connectivity index (χ4n) is 1.30. The maximum atomic E-state index is 4.24. The molecule has 5 nitrogen and oxygen atoms in total. The van der Waals surface area contributed by atoms with Crippen molar-refractivity contribution < 1.29 is 0 Å². The fourth-order valence-corrected chi connectivity index (χ4v) is 1.30. The van der Waals surface area contributed by atoms with Gasteiger partial charge in [0.1, 0.15) is 23.8 Å². The number of nitrogens with zero attached hydrogens (tertiary/aromatic N) is 3. The minimum Gasteiger partial charge on any atom is -0.373 e. The largest absolute Gasteiger partial charge is 0.373 e. The van der Waals surface area contributed by atoms with Gasteiger partial charge < -0.3 is 10.6 Å². The summed E-state index contributed by atoms with van der Waals surface area (Å²) in [5, 5.41) is 6.10. The van der Waals surface area contributed by atoms with Gasteiger partial charge in [-0.15, -0.1) is 0 Å². The van der Waals surface area contributed by atoms with Gasteiger partial charge in [-0.2, -0.15) is 0 Å². The molecule has 2 aromatic heterocycles. The molecule has 0 radical (unpaired) electrons. The molecule has 2 N–H and O–H groups in total. The van der Waals surface area contributed by atoms with Crippen LogP contribution in [0.4, 0.5) is 17.5 Å². The van der Waals surface area contributed by atoms with Gasteiger partial charge in [0.2, 0.25) is 0 Å².